The van der Waals surface area contributed by atoms with E-state index in [-0.39, 0.29) is 0 Å². The van der Waals surface area contributed by atoms with E-state index in [1.165, 1.54) is 0 Å². The highest BCUT2D eigenvalue weighted by molar-refractivity contribution is 5.38. The second kappa shape index (κ2) is 3.67. The molecule has 1 heterocycles. The molecule has 0 saturated heterocycles. The summed E-state index contributed by atoms with van der Waals surface area (Å²) in [5.41, 5.74) is 0.905. The molecule has 1 rings (SSSR count). The molecule has 0 spiro atoms. The van der Waals surface area contributed by atoms with Crippen LogP contribution in [0.3, 0.4) is 0 Å². The van der Waals surface area contributed by atoms with E-state index in [4.69, 9.17) is 0 Å². The molecule has 0 aromatic carbocycles. The van der Waals surface area contributed by atoms with Crippen LogP contribution in [0.4, 0.5) is 5.69 Å². The Balaban J connectivity index is 2.50. The van der Waals surface area contributed by atoms with Crippen LogP contribution in [0.1, 0.15) is 0 Å². The quantitative estimate of drug-likeness (QED) is 0.632. The Hall–Kier alpha value is -1.31. The highest BCUT2D eigenvalue weighted by Crippen LogP contribution is 1.99. The zero-order valence-electron chi connectivity index (χ0n) is 5.67. The molecule has 51 valence electrons. The number of hydrogen-bond acceptors (Lipinski definition) is 2. The van der Waals surface area contributed by atoms with Crippen LogP contribution in [0.5, 0.6) is 0 Å². The molecular weight excluding hydrogens is 124 g/mol. The maximum atomic E-state index is 3.82. The van der Waals surface area contributed by atoms with Crippen LogP contribution in [-0.2, 0) is 0 Å². The number of anilines is 1. The summed E-state index contributed by atoms with van der Waals surface area (Å²) in [6, 6.07) is 3.78. The van der Waals surface area contributed by atoms with E-state index in [0.717, 1.165) is 12.2 Å². The van der Waals surface area contributed by atoms with Gasteiger partial charge in [0.15, 0.2) is 0 Å². The Labute approximate surface area is 60.6 Å². The van der Waals surface area contributed by atoms with Gasteiger partial charge in [0.1, 0.15) is 6.20 Å². The van der Waals surface area contributed by atoms with Crippen molar-refractivity contribution in [2.45, 2.75) is 0 Å². The van der Waals surface area contributed by atoms with Crippen molar-refractivity contribution in [1.29, 1.82) is 0 Å². The minimum absolute atomic E-state index is 0.752. The van der Waals surface area contributed by atoms with E-state index < -0.39 is 0 Å². The number of aromatic nitrogens is 1. The van der Waals surface area contributed by atoms with Crippen molar-refractivity contribution >= 4 is 5.69 Å². The van der Waals surface area contributed by atoms with Gasteiger partial charge < -0.3 is 5.32 Å². The second-order valence-corrected chi connectivity index (χ2v) is 1.83. The largest absolute Gasteiger partial charge is 0.380 e. The highest BCUT2D eigenvalue weighted by atomic mass is 14.9. The molecule has 1 aromatic heterocycles. The number of pyridine rings is 1. The first-order chi connectivity index (χ1) is 4.93. The van der Waals surface area contributed by atoms with Gasteiger partial charge in [0, 0.05) is 12.7 Å². The first kappa shape index (κ1) is 6.81. The van der Waals surface area contributed by atoms with Crippen LogP contribution < -0.4 is 5.32 Å². The van der Waals surface area contributed by atoms with Crippen molar-refractivity contribution in [3.05, 3.63) is 37.2 Å². The van der Waals surface area contributed by atoms with Crippen LogP contribution in [-0.4, -0.2) is 11.5 Å². The van der Waals surface area contributed by atoms with Gasteiger partial charge in [-0.15, -0.1) is 6.58 Å². The molecule has 0 aliphatic rings. The lowest BCUT2D eigenvalue weighted by molar-refractivity contribution is 1.26. The molecular formula is C8H9N2. The smallest absolute Gasteiger partial charge is 0.114 e. The van der Waals surface area contributed by atoms with Gasteiger partial charge in [-0.05, 0) is 12.1 Å². The highest BCUT2D eigenvalue weighted by Gasteiger charge is 1.84. The summed E-state index contributed by atoms with van der Waals surface area (Å²) in [7, 11) is 0. The molecule has 0 saturated carbocycles. The molecule has 1 radical (unpaired) electrons. The Morgan fingerprint density at radius 3 is 3.30 bits per heavy atom. The van der Waals surface area contributed by atoms with Crippen molar-refractivity contribution in [2.75, 3.05) is 11.9 Å². The van der Waals surface area contributed by atoms with E-state index >= 15 is 0 Å². The third kappa shape index (κ3) is 1.90. The van der Waals surface area contributed by atoms with Crippen LogP contribution in [0.2, 0.25) is 0 Å². The number of nitrogens with one attached hydrogen (secondary N) is 1. The number of hydrogen-bond donors (Lipinski definition) is 1. The fourth-order valence-electron chi connectivity index (χ4n) is 0.607. The van der Waals surface area contributed by atoms with E-state index in [1.54, 1.807) is 12.3 Å². The minimum atomic E-state index is 0.752. The lowest BCUT2D eigenvalue weighted by Crippen LogP contribution is -1.97. The topological polar surface area (TPSA) is 24.9 Å². The Morgan fingerprint density at radius 2 is 2.70 bits per heavy atom. The molecule has 10 heavy (non-hydrogen) atoms. The lowest BCUT2D eigenvalue weighted by Gasteiger charge is -1.98. The van der Waals surface area contributed by atoms with Gasteiger partial charge in [0.05, 0.1) is 5.69 Å². The summed E-state index contributed by atoms with van der Waals surface area (Å²) in [6.45, 7) is 4.33. The SMILES string of the molecule is C=CCNc1[c]nccc1. The van der Waals surface area contributed by atoms with Crippen LogP contribution >= 0.6 is 0 Å². The molecule has 0 amide bonds. The third-order valence-electron chi connectivity index (χ3n) is 1.05. The van der Waals surface area contributed by atoms with E-state index in [0.29, 0.717) is 0 Å². The Morgan fingerprint density at radius 1 is 1.80 bits per heavy atom. The summed E-state index contributed by atoms with van der Waals surface area (Å²) < 4.78 is 0. The maximum absolute atomic E-state index is 3.82. The summed E-state index contributed by atoms with van der Waals surface area (Å²) in [6.07, 6.45) is 6.28. The number of nitrogens with zero attached hydrogens (tertiary/aromatic N) is 1. The van der Waals surface area contributed by atoms with Crippen molar-refractivity contribution in [2.24, 2.45) is 0 Å². The average Bonchev–Trinajstić information content (AvgIpc) is 2.03. The van der Waals surface area contributed by atoms with Gasteiger partial charge in [-0.1, -0.05) is 6.08 Å². The number of rotatable bonds is 3. The predicted octanol–water partition coefficient (Wildman–Crippen LogP) is 1.48. The molecule has 0 aliphatic heterocycles. The van der Waals surface area contributed by atoms with Crippen LogP contribution in [0.15, 0.2) is 31.0 Å². The zero-order valence-corrected chi connectivity index (χ0v) is 5.67. The summed E-state index contributed by atoms with van der Waals surface area (Å²) in [4.78, 5) is 3.82. The average molecular weight is 133 g/mol. The normalized spacial score (nSPS) is 8.80. The Kier molecular flexibility index (Phi) is 2.49. The van der Waals surface area contributed by atoms with Gasteiger partial charge in [-0.2, -0.15) is 0 Å². The third-order valence-corrected chi connectivity index (χ3v) is 1.05. The fraction of sp³-hybridized carbons (Fsp3) is 0.125. The molecule has 0 unspecified atom stereocenters. The van der Waals surface area contributed by atoms with Crippen molar-refractivity contribution in [1.82, 2.24) is 4.98 Å². The standard InChI is InChI=1S/C8H9N2/c1-2-5-10-8-4-3-6-9-7-8/h2-4,6,10H,1,5H2. The Bertz CT molecular complexity index is 194. The second-order valence-electron chi connectivity index (χ2n) is 1.83. The predicted molar refractivity (Wildman–Crippen MR) is 41.8 cm³/mol. The van der Waals surface area contributed by atoms with Gasteiger partial charge >= 0.3 is 0 Å². The molecule has 0 atom stereocenters. The summed E-state index contributed by atoms with van der Waals surface area (Å²) >= 11 is 0. The van der Waals surface area contributed by atoms with Crippen molar-refractivity contribution in [3.63, 3.8) is 0 Å². The zero-order chi connectivity index (χ0) is 7.23. The monoisotopic (exact) mass is 133 g/mol. The summed E-state index contributed by atoms with van der Waals surface area (Å²) in [5, 5.41) is 3.06. The van der Waals surface area contributed by atoms with Gasteiger partial charge in [-0.25, -0.2) is 0 Å². The minimum Gasteiger partial charge on any atom is -0.380 e. The van der Waals surface area contributed by atoms with Crippen molar-refractivity contribution < 1.29 is 0 Å². The van der Waals surface area contributed by atoms with Crippen LogP contribution in [0.25, 0.3) is 0 Å². The van der Waals surface area contributed by atoms with E-state index in [2.05, 4.69) is 23.1 Å². The summed E-state index contributed by atoms with van der Waals surface area (Å²) in [5.74, 6) is 0. The molecule has 1 N–H and O–H groups in total. The van der Waals surface area contributed by atoms with Crippen molar-refractivity contribution in [3.8, 4) is 0 Å². The van der Waals surface area contributed by atoms with Gasteiger partial charge in [0.2, 0.25) is 0 Å². The molecule has 1 aromatic rings. The maximum Gasteiger partial charge on any atom is 0.114 e. The molecule has 2 heteroatoms. The fourth-order valence-corrected chi connectivity index (χ4v) is 0.607. The van der Waals surface area contributed by atoms with E-state index in [1.807, 2.05) is 12.1 Å². The molecule has 0 bridgehead atoms. The lowest BCUT2D eigenvalue weighted by atomic mass is 10.4. The van der Waals surface area contributed by atoms with Gasteiger partial charge in [0.25, 0.3) is 0 Å². The van der Waals surface area contributed by atoms with Crippen LogP contribution in [0, 0.1) is 6.20 Å². The van der Waals surface area contributed by atoms with Gasteiger partial charge in [-0.3, -0.25) is 4.98 Å². The first-order valence-corrected chi connectivity index (χ1v) is 3.11. The molecule has 2 nitrogen and oxygen atoms in total. The molecule has 0 aliphatic carbocycles. The van der Waals surface area contributed by atoms with E-state index in [9.17, 15) is 0 Å². The first-order valence-electron chi connectivity index (χ1n) is 3.11. The molecule has 0 fully saturated rings.